The number of amides is 1. The monoisotopic (exact) mass is 431 g/mol. The Hall–Kier alpha value is -2.22. The number of para-hydroxylation sites is 1. The molecule has 1 atom stereocenters. The fourth-order valence-corrected chi connectivity index (χ4v) is 2.81. The normalized spacial score (nSPS) is 11.9. The summed E-state index contributed by atoms with van der Waals surface area (Å²) in [5.41, 5.74) is 0.451. The standard InChI is InChI=1S/C18H17BrF3NO3/c1-2-14(12-5-3-4-6-15(12)26-18(21)22)23-17(24)10-25-16-8-7-11(20)9-13(16)19/h3-9,14,18H,2,10H2,1H3,(H,23,24). The van der Waals surface area contributed by atoms with Crippen LogP contribution in [0, 0.1) is 5.82 Å². The molecule has 2 rings (SSSR count). The van der Waals surface area contributed by atoms with Crippen LogP contribution < -0.4 is 14.8 Å². The molecule has 0 aliphatic rings. The number of rotatable bonds is 8. The van der Waals surface area contributed by atoms with Crippen molar-refractivity contribution in [3.8, 4) is 11.5 Å². The van der Waals surface area contributed by atoms with E-state index in [-0.39, 0.29) is 12.4 Å². The Kier molecular flexibility index (Phi) is 7.32. The maximum Gasteiger partial charge on any atom is 0.387 e. The van der Waals surface area contributed by atoms with E-state index in [0.29, 0.717) is 22.2 Å². The number of alkyl halides is 2. The maximum absolute atomic E-state index is 13.0. The quantitative estimate of drug-likeness (QED) is 0.650. The van der Waals surface area contributed by atoms with Crippen molar-refractivity contribution in [2.45, 2.75) is 26.0 Å². The van der Waals surface area contributed by atoms with E-state index in [4.69, 9.17) is 4.74 Å². The van der Waals surface area contributed by atoms with Gasteiger partial charge in [0.2, 0.25) is 0 Å². The number of carbonyl (C=O) groups is 1. The first kappa shape index (κ1) is 20.1. The summed E-state index contributed by atoms with van der Waals surface area (Å²) >= 11 is 3.15. The molecule has 26 heavy (non-hydrogen) atoms. The number of benzene rings is 2. The van der Waals surface area contributed by atoms with Gasteiger partial charge in [-0.15, -0.1) is 0 Å². The SMILES string of the molecule is CCC(NC(=O)COc1ccc(F)cc1Br)c1ccccc1OC(F)F. The molecule has 0 aromatic heterocycles. The van der Waals surface area contributed by atoms with Crippen molar-refractivity contribution in [1.82, 2.24) is 5.32 Å². The lowest BCUT2D eigenvalue weighted by molar-refractivity contribution is -0.123. The Labute approximate surface area is 157 Å². The van der Waals surface area contributed by atoms with Crippen LogP contribution in [0.15, 0.2) is 46.9 Å². The van der Waals surface area contributed by atoms with Gasteiger partial charge in [-0.1, -0.05) is 25.1 Å². The summed E-state index contributed by atoms with van der Waals surface area (Å²) in [6.07, 6.45) is 0.468. The fourth-order valence-electron chi connectivity index (χ4n) is 2.34. The van der Waals surface area contributed by atoms with Crippen molar-refractivity contribution in [1.29, 1.82) is 0 Å². The molecule has 4 nitrogen and oxygen atoms in total. The van der Waals surface area contributed by atoms with Gasteiger partial charge in [-0.25, -0.2) is 4.39 Å². The maximum atomic E-state index is 13.0. The smallest absolute Gasteiger partial charge is 0.387 e. The van der Waals surface area contributed by atoms with E-state index in [0.717, 1.165) is 0 Å². The molecule has 0 bridgehead atoms. The molecular formula is C18H17BrF3NO3. The lowest BCUT2D eigenvalue weighted by atomic mass is 10.0. The van der Waals surface area contributed by atoms with Crippen LogP contribution >= 0.6 is 15.9 Å². The molecule has 0 aliphatic carbocycles. The van der Waals surface area contributed by atoms with Gasteiger partial charge in [-0.3, -0.25) is 4.79 Å². The first-order valence-electron chi connectivity index (χ1n) is 7.81. The summed E-state index contributed by atoms with van der Waals surface area (Å²) in [5.74, 6) is -0.553. The van der Waals surface area contributed by atoms with Crippen LogP contribution in [0.1, 0.15) is 24.9 Å². The highest BCUT2D eigenvalue weighted by atomic mass is 79.9. The zero-order chi connectivity index (χ0) is 19.1. The third-order valence-electron chi connectivity index (χ3n) is 3.51. The van der Waals surface area contributed by atoms with E-state index >= 15 is 0 Å². The predicted molar refractivity (Wildman–Crippen MR) is 93.8 cm³/mol. The highest BCUT2D eigenvalue weighted by Gasteiger charge is 2.19. The van der Waals surface area contributed by atoms with Crippen LogP contribution in [0.2, 0.25) is 0 Å². The molecule has 0 saturated carbocycles. The van der Waals surface area contributed by atoms with Crippen LogP contribution in [-0.4, -0.2) is 19.1 Å². The summed E-state index contributed by atoms with van der Waals surface area (Å²) in [5, 5.41) is 2.72. The van der Waals surface area contributed by atoms with E-state index in [1.165, 1.54) is 24.3 Å². The first-order chi connectivity index (χ1) is 12.4. The van der Waals surface area contributed by atoms with Crippen LogP contribution in [-0.2, 0) is 4.79 Å². The van der Waals surface area contributed by atoms with Crippen molar-refractivity contribution in [2.24, 2.45) is 0 Å². The van der Waals surface area contributed by atoms with Crippen LogP contribution in [0.4, 0.5) is 13.2 Å². The van der Waals surface area contributed by atoms with Crippen molar-refractivity contribution in [2.75, 3.05) is 6.61 Å². The van der Waals surface area contributed by atoms with Gasteiger partial charge in [0.05, 0.1) is 10.5 Å². The third-order valence-corrected chi connectivity index (χ3v) is 4.13. The second kappa shape index (κ2) is 9.47. The topological polar surface area (TPSA) is 47.6 Å². The molecule has 0 fully saturated rings. The minimum absolute atomic E-state index is 0.0110. The van der Waals surface area contributed by atoms with Crippen LogP contribution in [0.5, 0.6) is 11.5 Å². The summed E-state index contributed by atoms with van der Waals surface area (Å²) in [6, 6.07) is 9.60. The molecule has 0 spiro atoms. The number of hydrogen-bond acceptors (Lipinski definition) is 3. The zero-order valence-electron chi connectivity index (χ0n) is 13.8. The minimum atomic E-state index is -2.96. The lowest BCUT2D eigenvalue weighted by Crippen LogP contribution is -2.32. The van der Waals surface area contributed by atoms with E-state index in [1.807, 2.05) is 6.92 Å². The van der Waals surface area contributed by atoms with Gasteiger partial charge in [-0.2, -0.15) is 8.78 Å². The van der Waals surface area contributed by atoms with E-state index < -0.39 is 24.4 Å². The average Bonchev–Trinajstić information content (AvgIpc) is 2.59. The van der Waals surface area contributed by atoms with Gasteiger partial charge < -0.3 is 14.8 Å². The predicted octanol–water partition coefficient (Wildman–Crippen LogP) is 4.84. The lowest BCUT2D eigenvalue weighted by Gasteiger charge is -2.20. The summed E-state index contributed by atoms with van der Waals surface area (Å²) in [6.45, 7) is -1.45. The van der Waals surface area contributed by atoms with Gasteiger partial charge in [0.25, 0.3) is 5.91 Å². The minimum Gasteiger partial charge on any atom is -0.483 e. The average molecular weight is 432 g/mol. The Morgan fingerprint density at radius 2 is 1.92 bits per heavy atom. The van der Waals surface area contributed by atoms with Gasteiger partial charge in [0.1, 0.15) is 17.3 Å². The molecule has 0 saturated heterocycles. The Morgan fingerprint density at radius 3 is 2.58 bits per heavy atom. The first-order valence-corrected chi connectivity index (χ1v) is 8.61. The Balaban J connectivity index is 2.02. The fraction of sp³-hybridized carbons (Fsp3) is 0.278. The number of hydrogen-bond donors (Lipinski definition) is 1. The number of ether oxygens (including phenoxy) is 2. The molecule has 1 N–H and O–H groups in total. The Morgan fingerprint density at radius 1 is 1.19 bits per heavy atom. The zero-order valence-corrected chi connectivity index (χ0v) is 15.4. The van der Waals surface area contributed by atoms with Crippen LogP contribution in [0.3, 0.4) is 0 Å². The van der Waals surface area contributed by atoms with E-state index in [2.05, 4.69) is 26.0 Å². The molecule has 2 aromatic carbocycles. The molecule has 140 valence electrons. The molecule has 0 heterocycles. The van der Waals surface area contributed by atoms with Crippen molar-refractivity contribution in [3.05, 3.63) is 58.3 Å². The largest absolute Gasteiger partial charge is 0.483 e. The second-order valence-corrected chi connectivity index (χ2v) is 6.16. The Bertz CT molecular complexity index is 758. The molecule has 2 aromatic rings. The number of halogens is 4. The third kappa shape index (κ3) is 5.66. The molecular weight excluding hydrogens is 415 g/mol. The highest BCUT2D eigenvalue weighted by Crippen LogP contribution is 2.29. The van der Waals surface area contributed by atoms with E-state index in [9.17, 15) is 18.0 Å². The van der Waals surface area contributed by atoms with Crippen molar-refractivity contribution >= 4 is 21.8 Å². The number of nitrogens with one attached hydrogen (secondary N) is 1. The summed E-state index contributed by atoms with van der Waals surface area (Å²) < 4.78 is 48.4. The van der Waals surface area contributed by atoms with Gasteiger partial charge in [-0.05, 0) is 46.6 Å². The molecule has 1 unspecified atom stereocenters. The molecule has 1 amide bonds. The molecule has 0 radical (unpaired) electrons. The number of carbonyl (C=O) groups excluding carboxylic acids is 1. The van der Waals surface area contributed by atoms with Crippen molar-refractivity contribution < 1.29 is 27.4 Å². The van der Waals surface area contributed by atoms with Crippen molar-refractivity contribution in [3.63, 3.8) is 0 Å². The van der Waals surface area contributed by atoms with Gasteiger partial charge in [0.15, 0.2) is 6.61 Å². The summed E-state index contributed by atoms with van der Waals surface area (Å²) in [4.78, 5) is 12.2. The van der Waals surface area contributed by atoms with Gasteiger partial charge in [0, 0.05) is 5.56 Å². The molecule has 0 aliphatic heterocycles. The molecule has 8 heteroatoms. The second-order valence-electron chi connectivity index (χ2n) is 5.31. The highest BCUT2D eigenvalue weighted by molar-refractivity contribution is 9.10. The summed E-state index contributed by atoms with van der Waals surface area (Å²) in [7, 11) is 0. The van der Waals surface area contributed by atoms with E-state index in [1.54, 1.807) is 18.2 Å². The van der Waals surface area contributed by atoms with Gasteiger partial charge >= 0.3 is 6.61 Å². The van der Waals surface area contributed by atoms with Crippen LogP contribution in [0.25, 0.3) is 0 Å².